The van der Waals surface area contributed by atoms with Gasteiger partial charge in [-0.25, -0.2) is 0 Å². The van der Waals surface area contributed by atoms with Crippen LogP contribution in [0.4, 0.5) is 0 Å². The fourth-order valence-corrected chi connectivity index (χ4v) is 2.01. The van der Waals surface area contributed by atoms with Gasteiger partial charge in [0.25, 0.3) is 0 Å². The van der Waals surface area contributed by atoms with Crippen LogP contribution in [0.1, 0.15) is 33.6 Å². The fourth-order valence-electron chi connectivity index (χ4n) is 2.01. The van der Waals surface area contributed by atoms with Gasteiger partial charge in [-0.05, 0) is 39.8 Å². The lowest BCUT2D eigenvalue weighted by Crippen LogP contribution is -2.46. The van der Waals surface area contributed by atoms with E-state index in [0.29, 0.717) is 0 Å². The predicted octanol–water partition coefficient (Wildman–Crippen LogP) is 0.570. The molecule has 0 aromatic carbocycles. The molecule has 0 aromatic rings. The summed E-state index contributed by atoms with van der Waals surface area (Å²) in [6.45, 7) is 9.10. The molecule has 1 aliphatic rings. The summed E-state index contributed by atoms with van der Waals surface area (Å²) in [4.78, 5) is 14.2. The van der Waals surface area contributed by atoms with Crippen LogP contribution in [0.25, 0.3) is 0 Å². The zero-order chi connectivity index (χ0) is 12.1. The molecular formula is C12H25N3O. The summed E-state index contributed by atoms with van der Waals surface area (Å²) >= 11 is 0. The van der Waals surface area contributed by atoms with E-state index < -0.39 is 0 Å². The molecule has 3 unspecified atom stereocenters. The number of nitrogens with zero attached hydrogens (tertiary/aromatic N) is 1. The van der Waals surface area contributed by atoms with Crippen molar-refractivity contribution in [3.8, 4) is 0 Å². The van der Waals surface area contributed by atoms with Crippen LogP contribution < -0.4 is 11.1 Å². The van der Waals surface area contributed by atoms with Gasteiger partial charge in [0.05, 0.1) is 0 Å². The molecule has 0 aromatic heterocycles. The third-order valence-corrected chi connectivity index (χ3v) is 3.32. The molecule has 0 spiro atoms. The van der Waals surface area contributed by atoms with Crippen LogP contribution in [-0.4, -0.2) is 42.5 Å². The highest BCUT2D eigenvalue weighted by atomic mass is 16.1. The van der Waals surface area contributed by atoms with Gasteiger partial charge < -0.3 is 16.0 Å². The Kier molecular flexibility index (Phi) is 5.22. The van der Waals surface area contributed by atoms with E-state index in [2.05, 4.69) is 17.1 Å². The Bertz CT molecular complexity index is 224. The maximum atomic E-state index is 11.8. The number of nitrogens with two attached hydrogens (primary N) is 1. The van der Waals surface area contributed by atoms with Gasteiger partial charge in [-0.15, -0.1) is 0 Å². The number of amides is 1. The van der Waals surface area contributed by atoms with Crippen LogP contribution in [0.15, 0.2) is 0 Å². The second-order valence-electron chi connectivity index (χ2n) is 5.07. The molecule has 1 rings (SSSR count). The molecule has 1 amide bonds. The third kappa shape index (κ3) is 4.10. The smallest absolute Gasteiger partial charge is 0.224 e. The molecule has 3 atom stereocenters. The lowest BCUT2D eigenvalue weighted by atomic mass is 10.0. The highest BCUT2D eigenvalue weighted by Crippen LogP contribution is 2.08. The van der Waals surface area contributed by atoms with Crippen LogP contribution >= 0.6 is 0 Å². The molecule has 1 fully saturated rings. The summed E-state index contributed by atoms with van der Waals surface area (Å²) in [6.07, 6.45) is 2.58. The third-order valence-electron chi connectivity index (χ3n) is 3.32. The lowest BCUT2D eigenvalue weighted by molar-refractivity contribution is -0.125. The van der Waals surface area contributed by atoms with Crippen LogP contribution in [0, 0.1) is 5.92 Å². The SMILES string of the molecule is CC(CN1CCCC1)NC(=O)C(C)C(C)N. The molecule has 16 heavy (non-hydrogen) atoms. The summed E-state index contributed by atoms with van der Waals surface area (Å²) in [7, 11) is 0. The van der Waals surface area contributed by atoms with E-state index in [1.54, 1.807) is 0 Å². The number of rotatable bonds is 5. The quantitative estimate of drug-likeness (QED) is 0.722. The maximum absolute atomic E-state index is 11.8. The van der Waals surface area contributed by atoms with Crippen molar-refractivity contribution in [3.05, 3.63) is 0 Å². The largest absolute Gasteiger partial charge is 0.352 e. The van der Waals surface area contributed by atoms with Gasteiger partial charge in [0.2, 0.25) is 5.91 Å². The maximum Gasteiger partial charge on any atom is 0.224 e. The zero-order valence-corrected chi connectivity index (χ0v) is 10.7. The molecule has 4 heteroatoms. The molecule has 1 heterocycles. The van der Waals surface area contributed by atoms with E-state index in [-0.39, 0.29) is 23.9 Å². The molecule has 0 saturated carbocycles. The van der Waals surface area contributed by atoms with Crippen molar-refractivity contribution in [2.24, 2.45) is 11.7 Å². The molecule has 0 radical (unpaired) electrons. The number of carbonyl (C=O) groups excluding carboxylic acids is 1. The van der Waals surface area contributed by atoms with Crippen LogP contribution in [-0.2, 0) is 4.79 Å². The average molecular weight is 227 g/mol. The van der Waals surface area contributed by atoms with E-state index in [1.807, 2.05) is 13.8 Å². The molecule has 1 aliphatic heterocycles. The highest BCUT2D eigenvalue weighted by molar-refractivity contribution is 5.79. The first kappa shape index (κ1) is 13.5. The Morgan fingerprint density at radius 3 is 2.38 bits per heavy atom. The normalized spacial score (nSPS) is 22.8. The Morgan fingerprint density at radius 1 is 1.31 bits per heavy atom. The van der Waals surface area contributed by atoms with Crippen molar-refractivity contribution in [2.45, 2.75) is 45.7 Å². The van der Waals surface area contributed by atoms with Gasteiger partial charge in [-0.1, -0.05) is 6.92 Å². The van der Waals surface area contributed by atoms with Gasteiger partial charge in [0.1, 0.15) is 0 Å². The topological polar surface area (TPSA) is 58.4 Å². The van der Waals surface area contributed by atoms with Crippen LogP contribution in [0.5, 0.6) is 0 Å². The number of likely N-dealkylation sites (tertiary alicyclic amines) is 1. The van der Waals surface area contributed by atoms with E-state index in [0.717, 1.165) is 6.54 Å². The number of hydrogen-bond acceptors (Lipinski definition) is 3. The van der Waals surface area contributed by atoms with Crippen molar-refractivity contribution < 1.29 is 4.79 Å². The Morgan fingerprint density at radius 2 is 1.88 bits per heavy atom. The molecule has 3 N–H and O–H groups in total. The Labute approximate surface area is 98.6 Å². The van der Waals surface area contributed by atoms with Crippen molar-refractivity contribution in [1.29, 1.82) is 0 Å². The second kappa shape index (κ2) is 6.21. The summed E-state index contributed by atoms with van der Waals surface area (Å²) in [5.41, 5.74) is 5.70. The predicted molar refractivity (Wildman–Crippen MR) is 66.1 cm³/mol. The first-order chi connectivity index (χ1) is 7.50. The second-order valence-corrected chi connectivity index (χ2v) is 5.07. The minimum absolute atomic E-state index is 0.0710. The van der Waals surface area contributed by atoms with E-state index >= 15 is 0 Å². The lowest BCUT2D eigenvalue weighted by Gasteiger charge is -2.23. The van der Waals surface area contributed by atoms with Crippen molar-refractivity contribution >= 4 is 5.91 Å². The number of hydrogen-bond donors (Lipinski definition) is 2. The molecular weight excluding hydrogens is 202 g/mol. The zero-order valence-electron chi connectivity index (χ0n) is 10.7. The van der Waals surface area contributed by atoms with Crippen molar-refractivity contribution in [3.63, 3.8) is 0 Å². The molecule has 0 bridgehead atoms. The van der Waals surface area contributed by atoms with Gasteiger partial charge in [0.15, 0.2) is 0 Å². The first-order valence-corrected chi connectivity index (χ1v) is 6.29. The molecule has 0 aliphatic carbocycles. The van der Waals surface area contributed by atoms with E-state index in [9.17, 15) is 4.79 Å². The summed E-state index contributed by atoms with van der Waals surface area (Å²) in [5, 5.41) is 3.03. The van der Waals surface area contributed by atoms with Gasteiger partial charge in [-0.3, -0.25) is 4.79 Å². The van der Waals surface area contributed by atoms with Crippen LogP contribution in [0.3, 0.4) is 0 Å². The summed E-state index contributed by atoms with van der Waals surface area (Å²) in [5.74, 6) is -0.0391. The van der Waals surface area contributed by atoms with E-state index in [4.69, 9.17) is 5.73 Å². The van der Waals surface area contributed by atoms with Crippen molar-refractivity contribution in [2.75, 3.05) is 19.6 Å². The van der Waals surface area contributed by atoms with Gasteiger partial charge in [0, 0.05) is 24.5 Å². The first-order valence-electron chi connectivity index (χ1n) is 6.29. The van der Waals surface area contributed by atoms with Crippen molar-refractivity contribution in [1.82, 2.24) is 10.2 Å². The minimum Gasteiger partial charge on any atom is -0.352 e. The summed E-state index contributed by atoms with van der Waals surface area (Å²) < 4.78 is 0. The Hall–Kier alpha value is -0.610. The minimum atomic E-state index is -0.110. The number of carbonyl (C=O) groups is 1. The standard InChI is InChI=1S/C12H25N3O/c1-9(8-15-6-4-5-7-15)14-12(16)10(2)11(3)13/h9-11H,4-8,13H2,1-3H3,(H,14,16). The molecule has 4 nitrogen and oxygen atoms in total. The average Bonchev–Trinajstić information content (AvgIpc) is 2.68. The number of nitrogens with one attached hydrogen (secondary N) is 1. The molecule has 94 valence electrons. The van der Waals surface area contributed by atoms with Gasteiger partial charge >= 0.3 is 0 Å². The fraction of sp³-hybridized carbons (Fsp3) is 0.917. The monoisotopic (exact) mass is 227 g/mol. The van der Waals surface area contributed by atoms with Crippen LogP contribution in [0.2, 0.25) is 0 Å². The Balaban J connectivity index is 2.27. The van der Waals surface area contributed by atoms with Gasteiger partial charge in [-0.2, -0.15) is 0 Å². The van der Waals surface area contributed by atoms with E-state index in [1.165, 1.54) is 25.9 Å². The highest BCUT2D eigenvalue weighted by Gasteiger charge is 2.20. The summed E-state index contributed by atoms with van der Waals surface area (Å²) in [6, 6.07) is 0.130. The molecule has 1 saturated heterocycles.